The first-order valence-corrected chi connectivity index (χ1v) is 7.53. The van der Waals surface area contributed by atoms with Crippen LogP contribution in [-0.4, -0.2) is 35.8 Å². The van der Waals surface area contributed by atoms with Gasteiger partial charge in [-0.3, -0.25) is 9.59 Å². The average molecular weight is 297 g/mol. The maximum atomic E-state index is 12.2. The van der Waals surface area contributed by atoms with Gasteiger partial charge >= 0.3 is 0 Å². The zero-order valence-corrected chi connectivity index (χ0v) is 12.3. The Kier molecular flexibility index (Phi) is 4.34. The van der Waals surface area contributed by atoms with E-state index in [1.807, 2.05) is 0 Å². The molecule has 1 saturated heterocycles. The van der Waals surface area contributed by atoms with Crippen molar-refractivity contribution in [2.24, 2.45) is 0 Å². The van der Waals surface area contributed by atoms with Gasteiger partial charge < -0.3 is 15.6 Å². The van der Waals surface area contributed by atoms with Crippen molar-refractivity contribution in [1.29, 1.82) is 0 Å². The van der Waals surface area contributed by atoms with Gasteiger partial charge in [0.1, 0.15) is 0 Å². The molecule has 2 heterocycles. The van der Waals surface area contributed by atoms with Gasteiger partial charge in [-0.2, -0.15) is 0 Å². The molecule has 1 aromatic heterocycles. The second-order valence-corrected chi connectivity index (χ2v) is 5.52. The molecule has 1 aliphatic heterocycles. The third-order valence-electron chi connectivity index (χ3n) is 3.90. The number of carbonyl (C=O) groups is 2. The van der Waals surface area contributed by atoms with Crippen LogP contribution < -0.4 is 10.6 Å². The minimum Gasteiger partial charge on any atom is -0.367 e. The lowest BCUT2D eigenvalue weighted by atomic mass is 10.0. The Balaban J connectivity index is 1.65. The molecule has 5 heteroatoms. The zero-order valence-electron chi connectivity index (χ0n) is 12.3. The van der Waals surface area contributed by atoms with Crippen LogP contribution in [0.3, 0.4) is 0 Å². The van der Waals surface area contributed by atoms with E-state index in [1.54, 1.807) is 42.7 Å². The van der Waals surface area contributed by atoms with Gasteiger partial charge in [0.15, 0.2) is 5.78 Å². The van der Waals surface area contributed by atoms with Gasteiger partial charge in [-0.1, -0.05) is 12.1 Å². The summed E-state index contributed by atoms with van der Waals surface area (Å²) < 4.78 is 0. The molecule has 22 heavy (non-hydrogen) atoms. The molecule has 1 aliphatic rings. The van der Waals surface area contributed by atoms with E-state index in [0.717, 1.165) is 25.9 Å². The highest BCUT2D eigenvalue weighted by atomic mass is 16.1. The molecule has 0 saturated carbocycles. The van der Waals surface area contributed by atoms with Gasteiger partial charge in [0.2, 0.25) is 0 Å². The molecule has 0 spiro atoms. The van der Waals surface area contributed by atoms with Gasteiger partial charge in [0, 0.05) is 41.7 Å². The SMILES string of the molecule is O=C(N[C@H]1CCCNC1)c1ccc(C(=O)c2cc[nH]c2)cc1. The quantitative estimate of drug-likeness (QED) is 0.752. The number of aromatic nitrogens is 1. The first-order valence-electron chi connectivity index (χ1n) is 7.53. The average Bonchev–Trinajstić information content (AvgIpc) is 3.10. The van der Waals surface area contributed by atoms with Crippen LogP contribution in [-0.2, 0) is 0 Å². The molecule has 0 radical (unpaired) electrons. The highest BCUT2D eigenvalue weighted by molar-refractivity contribution is 6.09. The van der Waals surface area contributed by atoms with Gasteiger partial charge in [0.05, 0.1) is 0 Å². The van der Waals surface area contributed by atoms with Crippen LogP contribution in [0.2, 0.25) is 0 Å². The summed E-state index contributed by atoms with van der Waals surface area (Å²) in [4.78, 5) is 27.2. The zero-order chi connectivity index (χ0) is 15.4. The number of nitrogens with one attached hydrogen (secondary N) is 3. The van der Waals surface area contributed by atoms with E-state index in [0.29, 0.717) is 16.7 Å². The fourth-order valence-corrected chi connectivity index (χ4v) is 2.65. The molecular formula is C17H19N3O2. The van der Waals surface area contributed by atoms with Crippen molar-refractivity contribution < 1.29 is 9.59 Å². The number of benzene rings is 1. The van der Waals surface area contributed by atoms with Gasteiger partial charge in [-0.05, 0) is 37.6 Å². The van der Waals surface area contributed by atoms with Crippen molar-refractivity contribution in [3.63, 3.8) is 0 Å². The molecular weight excluding hydrogens is 278 g/mol. The Morgan fingerprint density at radius 1 is 1.05 bits per heavy atom. The predicted molar refractivity (Wildman–Crippen MR) is 84.0 cm³/mol. The number of piperidine rings is 1. The van der Waals surface area contributed by atoms with Gasteiger partial charge in [-0.15, -0.1) is 0 Å². The van der Waals surface area contributed by atoms with Crippen molar-refractivity contribution in [1.82, 2.24) is 15.6 Å². The van der Waals surface area contributed by atoms with Crippen molar-refractivity contribution in [2.45, 2.75) is 18.9 Å². The topological polar surface area (TPSA) is 74.0 Å². The lowest BCUT2D eigenvalue weighted by Crippen LogP contribution is -2.45. The Bertz CT molecular complexity index is 641. The van der Waals surface area contributed by atoms with Crippen molar-refractivity contribution in [2.75, 3.05) is 13.1 Å². The fraction of sp³-hybridized carbons (Fsp3) is 0.294. The fourth-order valence-electron chi connectivity index (χ4n) is 2.65. The normalized spacial score (nSPS) is 17.9. The third kappa shape index (κ3) is 3.26. The maximum Gasteiger partial charge on any atom is 0.251 e. The molecule has 0 bridgehead atoms. The minimum absolute atomic E-state index is 0.0512. The van der Waals surface area contributed by atoms with Crippen LogP contribution in [0.25, 0.3) is 0 Å². The standard InChI is InChI=1S/C17H19N3O2/c21-16(14-7-9-19-10-14)12-3-5-13(6-4-12)17(22)20-15-2-1-8-18-11-15/h3-7,9-10,15,18-19H,1-2,8,11H2,(H,20,22)/t15-/m0/s1. The van der Waals surface area contributed by atoms with E-state index in [4.69, 9.17) is 0 Å². The number of ketones is 1. The molecule has 3 N–H and O–H groups in total. The Morgan fingerprint density at radius 2 is 1.82 bits per heavy atom. The summed E-state index contributed by atoms with van der Waals surface area (Å²) in [5.74, 6) is -0.140. The smallest absolute Gasteiger partial charge is 0.251 e. The molecule has 1 fully saturated rings. The monoisotopic (exact) mass is 297 g/mol. The molecule has 114 valence electrons. The number of hydrogen-bond donors (Lipinski definition) is 3. The summed E-state index contributed by atoms with van der Waals surface area (Å²) >= 11 is 0. The number of H-pyrrole nitrogens is 1. The van der Waals surface area contributed by atoms with Crippen molar-refractivity contribution in [3.05, 3.63) is 59.4 Å². The molecule has 1 aromatic carbocycles. The maximum absolute atomic E-state index is 12.2. The minimum atomic E-state index is -0.0886. The number of carbonyl (C=O) groups excluding carboxylic acids is 2. The second kappa shape index (κ2) is 6.58. The summed E-state index contributed by atoms with van der Waals surface area (Å²) in [7, 11) is 0. The first-order chi connectivity index (χ1) is 10.7. The van der Waals surface area contributed by atoms with Crippen LogP contribution in [0.5, 0.6) is 0 Å². The van der Waals surface area contributed by atoms with Crippen LogP contribution in [0.4, 0.5) is 0 Å². The third-order valence-corrected chi connectivity index (χ3v) is 3.90. The summed E-state index contributed by atoms with van der Waals surface area (Å²) in [6.45, 7) is 1.83. The summed E-state index contributed by atoms with van der Waals surface area (Å²) in [5, 5.41) is 6.29. The van der Waals surface area contributed by atoms with E-state index in [2.05, 4.69) is 15.6 Å². The first kappa shape index (κ1) is 14.5. The Labute approximate surface area is 129 Å². The Hall–Kier alpha value is -2.40. The van der Waals surface area contributed by atoms with Gasteiger partial charge in [0.25, 0.3) is 5.91 Å². The largest absolute Gasteiger partial charge is 0.367 e. The van der Waals surface area contributed by atoms with Crippen molar-refractivity contribution in [3.8, 4) is 0 Å². The highest BCUT2D eigenvalue weighted by Gasteiger charge is 2.17. The molecule has 1 amide bonds. The van der Waals surface area contributed by atoms with E-state index < -0.39 is 0 Å². The van der Waals surface area contributed by atoms with Gasteiger partial charge in [-0.25, -0.2) is 0 Å². The van der Waals surface area contributed by atoms with E-state index in [9.17, 15) is 9.59 Å². The second-order valence-electron chi connectivity index (χ2n) is 5.52. The number of aromatic amines is 1. The van der Waals surface area contributed by atoms with E-state index >= 15 is 0 Å². The molecule has 0 aliphatic carbocycles. The Morgan fingerprint density at radius 3 is 2.45 bits per heavy atom. The van der Waals surface area contributed by atoms with E-state index in [1.165, 1.54) is 0 Å². The summed E-state index contributed by atoms with van der Waals surface area (Å²) in [6.07, 6.45) is 5.46. The molecule has 3 rings (SSSR count). The molecule has 0 unspecified atom stereocenters. The number of amides is 1. The van der Waals surface area contributed by atoms with Crippen LogP contribution in [0.1, 0.15) is 39.1 Å². The predicted octanol–water partition coefficient (Wildman–Crippen LogP) is 1.73. The highest BCUT2D eigenvalue weighted by Crippen LogP contribution is 2.11. The molecule has 5 nitrogen and oxygen atoms in total. The number of rotatable bonds is 4. The van der Waals surface area contributed by atoms with E-state index in [-0.39, 0.29) is 17.7 Å². The van der Waals surface area contributed by atoms with Crippen LogP contribution in [0, 0.1) is 0 Å². The molecule has 2 aromatic rings. The summed E-state index contributed by atoms with van der Waals surface area (Å²) in [6, 6.07) is 8.71. The van der Waals surface area contributed by atoms with Crippen LogP contribution >= 0.6 is 0 Å². The number of hydrogen-bond acceptors (Lipinski definition) is 3. The van der Waals surface area contributed by atoms with Crippen molar-refractivity contribution >= 4 is 11.7 Å². The lowest BCUT2D eigenvalue weighted by Gasteiger charge is -2.23. The van der Waals surface area contributed by atoms with Crippen LogP contribution in [0.15, 0.2) is 42.7 Å². The summed E-state index contributed by atoms with van der Waals surface area (Å²) in [5.41, 5.74) is 1.78. The lowest BCUT2D eigenvalue weighted by molar-refractivity contribution is 0.0929. The molecule has 1 atom stereocenters.